The topological polar surface area (TPSA) is 16.1 Å². The fraction of sp³-hybridized carbons (Fsp3) is 0.214. The molecule has 1 aromatic carbocycles. The van der Waals surface area contributed by atoms with E-state index in [1.54, 1.807) is 0 Å². The van der Waals surface area contributed by atoms with Gasteiger partial charge in [0.15, 0.2) is 0 Å². The second kappa shape index (κ2) is 6.19. The zero-order chi connectivity index (χ0) is 13.0. The van der Waals surface area contributed by atoms with Gasteiger partial charge in [0.1, 0.15) is 0 Å². The number of benzene rings is 1. The predicted octanol–water partition coefficient (Wildman–Crippen LogP) is 4.02. The third-order valence-corrected chi connectivity index (χ3v) is 3.33. The van der Waals surface area contributed by atoms with Gasteiger partial charge in [0, 0.05) is 19.3 Å². The lowest BCUT2D eigenvalue weighted by molar-refractivity contribution is 0.315. The minimum absolute atomic E-state index is 0.591. The Morgan fingerprint density at radius 3 is 2.56 bits per heavy atom. The Labute approximate surface area is 117 Å². The van der Waals surface area contributed by atoms with E-state index in [1.165, 1.54) is 0 Å². The summed E-state index contributed by atoms with van der Waals surface area (Å²) in [6, 6.07) is 11.7. The van der Waals surface area contributed by atoms with Crippen molar-refractivity contribution in [2.24, 2.45) is 0 Å². The molecule has 0 N–H and O–H groups in total. The molecular formula is C14H14Cl2N2. The van der Waals surface area contributed by atoms with Crippen molar-refractivity contribution in [3.05, 3.63) is 63.9 Å². The van der Waals surface area contributed by atoms with Crippen LogP contribution in [-0.4, -0.2) is 16.9 Å². The molecule has 18 heavy (non-hydrogen) atoms. The summed E-state index contributed by atoms with van der Waals surface area (Å²) in [4.78, 5) is 6.49. The molecule has 94 valence electrons. The van der Waals surface area contributed by atoms with Crippen molar-refractivity contribution in [1.82, 2.24) is 9.88 Å². The van der Waals surface area contributed by atoms with Gasteiger partial charge in [0.25, 0.3) is 0 Å². The summed E-state index contributed by atoms with van der Waals surface area (Å²) in [7, 11) is 2.05. The average molecular weight is 281 g/mol. The van der Waals surface area contributed by atoms with Crippen LogP contribution in [0, 0.1) is 0 Å². The molecule has 0 bridgehead atoms. The minimum Gasteiger partial charge on any atom is -0.296 e. The van der Waals surface area contributed by atoms with Gasteiger partial charge in [-0.05, 0) is 36.9 Å². The zero-order valence-corrected chi connectivity index (χ0v) is 11.6. The molecule has 0 aliphatic heterocycles. The first-order chi connectivity index (χ1) is 8.65. The highest BCUT2D eigenvalue weighted by atomic mass is 35.5. The third kappa shape index (κ3) is 3.70. The van der Waals surface area contributed by atoms with E-state index in [4.69, 9.17) is 23.2 Å². The molecule has 0 radical (unpaired) electrons. The number of aromatic nitrogens is 1. The van der Waals surface area contributed by atoms with Gasteiger partial charge in [-0.25, -0.2) is 0 Å². The second-order valence-corrected chi connectivity index (χ2v) is 5.06. The highest BCUT2D eigenvalue weighted by Gasteiger charge is 2.04. The van der Waals surface area contributed by atoms with Crippen LogP contribution in [0.5, 0.6) is 0 Å². The first-order valence-corrected chi connectivity index (χ1v) is 6.43. The first-order valence-electron chi connectivity index (χ1n) is 5.67. The molecular weight excluding hydrogens is 267 g/mol. The highest BCUT2D eigenvalue weighted by molar-refractivity contribution is 6.42. The Balaban J connectivity index is 1.99. The van der Waals surface area contributed by atoms with Gasteiger partial charge in [-0.1, -0.05) is 35.3 Å². The van der Waals surface area contributed by atoms with E-state index in [2.05, 4.69) is 16.9 Å². The normalized spacial score (nSPS) is 10.9. The molecule has 0 spiro atoms. The van der Waals surface area contributed by atoms with Gasteiger partial charge in [0.2, 0.25) is 0 Å². The maximum atomic E-state index is 5.99. The maximum Gasteiger partial charge on any atom is 0.0595 e. The highest BCUT2D eigenvalue weighted by Crippen LogP contribution is 2.23. The summed E-state index contributed by atoms with van der Waals surface area (Å²) < 4.78 is 0. The van der Waals surface area contributed by atoms with Crippen molar-refractivity contribution in [3.8, 4) is 0 Å². The Hall–Kier alpha value is -1.09. The van der Waals surface area contributed by atoms with Crippen LogP contribution in [0.15, 0.2) is 42.6 Å². The van der Waals surface area contributed by atoms with Crippen LogP contribution >= 0.6 is 23.2 Å². The molecule has 1 heterocycles. The maximum absolute atomic E-state index is 5.99. The molecule has 0 aliphatic rings. The molecule has 0 amide bonds. The van der Waals surface area contributed by atoms with Crippen molar-refractivity contribution < 1.29 is 0 Å². The van der Waals surface area contributed by atoms with E-state index in [0.29, 0.717) is 10.0 Å². The first kappa shape index (κ1) is 13.3. The molecule has 0 aliphatic carbocycles. The van der Waals surface area contributed by atoms with Crippen LogP contribution in [0.1, 0.15) is 11.3 Å². The van der Waals surface area contributed by atoms with Crippen LogP contribution in [0.2, 0.25) is 10.0 Å². The van der Waals surface area contributed by atoms with Gasteiger partial charge in [0.05, 0.1) is 15.7 Å². The van der Waals surface area contributed by atoms with Gasteiger partial charge < -0.3 is 0 Å². The van der Waals surface area contributed by atoms with E-state index < -0.39 is 0 Å². The van der Waals surface area contributed by atoms with E-state index in [1.807, 2.05) is 42.6 Å². The monoisotopic (exact) mass is 280 g/mol. The second-order valence-electron chi connectivity index (χ2n) is 4.24. The molecule has 0 saturated carbocycles. The molecule has 0 saturated heterocycles. The van der Waals surface area contributed by atoms with Crippen LogP contribution in [-0.2, 0) is 13.1 Å². The van der Waals surface area contributed by atoms with Crippen molar-refractivity contribution in [2.45, 2.75) is 13.1 Å². The minimum atomic E-state index is 0.591. The summed E-state index contributed by atoms with van der Waals surface area (Å²) in [6.07, 6.45) is 1.81. The lowest BCUT2D eigenvalue weighted by Gasteiger charge is -2.16. The van der Waals surface area contributed by atoms with E-state index in [-0.39, 0.29) is 0 Å². The summed E-state index contributed by atoms with van der Waals surface area (Å²) >= 11 is 11.9. The fourth-order valence-corrected chi connectivity index (χ4v) is 2.09. The number of hydrogen-bond acceptors (Lipinski definition) is 2. The summed E-state index contributed by atoms with van der Waals surface area (Å²) in [5, 5.41) is 1.19. The largest absolute Gasteiger partial charge is 0.296 e. The Morgan fingerprint density at radius 2 is 1.89 bits per heavy atom. The number of hydrogen-bond donors (Lipinski definition) is 0. The SMILES string of the molecule is CN(Cc1ccc(Cl)c(Cl)c1)Cc1ccccn1. The van der Waals surface area contributed by atoms with E-state index in [9.17, 15) is 0 Å². The van der Waals surface area contributed by atoms with Gasteiger partial charge in [-0.2, -0.15) is 0 Å². The van der Waals surface area contributed by atoms with Gasteiger partial charge in [-0.15, -0.1) is 0 Å². The standard InChI is InChI=1S/C14H14Cl2N2/c1-18(10-12-4-2-3-7-17-12)9-11-5-6-13(15)14(16)8-11/h2-8H,9-10H2,1H3. The molecule has 2 nitrogen and oxygen atoms in total. The molecule has 1 aromatic heterocycles. The molecule has 0 atom stereocenters. The lowest BCUT2D eigenvalue weighted by atomic mass is 10.2. The molecule has 2 rings (SSSR count). The number of rotatable bonds is 4. The Morgan fingerprint density at radius 1 is 1.06 bits per heavy atom. The molecule has 0 unspecified atom stereocenters. The Bertz CT molecular complexity index is 514. The van der Waals surface area contributed by atoms with Crippen molar-refractivity contribution in [1.29, 1.82) is 0 Å². The Kier molecular flexibility index (Phi) is 4.59. The number of pyridine rings is 1. The zero-order valence-electron chi connectivity index (χ0n) is 10.1. The summed E-state index contributed by atoms with van der Waals surface area (Å²) in [6.45, 7) is 1.62. The average Bonchev–Trinajstić information content (AvgIpc) is 2.35. The van der Waals surface area contributed by atoms with Crippen LogP contribution < -0.4 is 0 Å². The fourth-order valence-electron chi connectivity index (χ4n) is 1.77. The predicted molar refractivity (Wildman–Crippen MR) is 75.9 cm³/mol. The number of nitrogens with zero attached hydrogens (tertiary/aromatic N) is 2. The molecule has 0 fully saturated rings. The van der Waals surface area contributed by atoms with Gasteiger partial charge in [-0.3, -0.25) is 9.88 Å². The van der Waals surface area contributed by atoms with Crippen molar-refractivity contribution in [2.75, 3.05) is 7.05 Å². The van der Waals surface area contributed by atoms with Crippen molar-refractivity contribution >= 4 is 23.2 Å². The lowest BCUT2D eigenvalue weighted by Crippen LogP contribution is -2.17. The quantitative estimate of drug-likeness (QED) is 0.841. The van der Waals surface area contributed by atoms with Crippen LogP contribution in [0.25, 0.3) is 0 Å². The summed E-state index contributed by atoms with van der Waals surface area (Å²) in [5.74, 6) is 0. The summed E-state index contributed by atoms with van der Waals surface area (Å²) in [5.41, 5.74) is 2.20. The van der Waals surface area contributed by atoms with E-state index >= 15 is 0 Å². The molecule has 4 heteroatoms. The number of halogens is 2. The van der Waals surface area contributed by atoms with Gasteiger partial charge >= 0.3 is 0 Å². The van der Waals surface area contributed by atoms with Crippen LogP contribution in [0.4, 0.5) is 0 Å². The third-order valence-electron chi connectivity index (χ3n) is 2.59. The molecule has 2 aromatic rings. The van der Waals surface area contributed by atoms with E-state index in [0.717, 1.165) is 24.3 Å². The van der Waals surface area contributed by atoms with Crippen LogP contribution in [0.3, 0.4) is 0 Å². The van der Waals surface area contributed by atoms with Crippen molar-refractivity contribution in [3.63, 3.8) is 0 Å². The smallest absolute Gasteiger partial charge is 0.0595 e.